The predicted octanol–water partition coefficient (Wildman–Crippen LogP) is 6.80. The summed E-state index contributed by atoms with van der Waals surface area (Å²) in [7, 11) is 0. The largest absolute Gasteiger partial charge is 6.00 e. The van der Waals surface area contributed by atoms with Crippen LogP contribution in [0.4, 0.5) is 0 Å². The molecule has 0 unspecified atom stereocenters. The number of carbonyl (C=O) groups excluding carboxylic acids is 2. The van der Waals surface area contributed by atoms with Crippen LogP contribution in [0, 0.1) is 0 Å². The van der Waals surface area contributed by atoms with Crippen LogP contribution in [-0.2, 0) is 29.1 Å². The van der Waals surface area contributed by atoms with Gasteiger partial charge in [-0.15, -0.1) is 24.2 Å². The number of nitrogens with zero attached hydrogens (tertiary/aromatic N) is 4. The quantitative estimate of drug-likeness (QED) is 0.168. The third-order valence-electron chi connectivity index (χ3n) is 2.97. The molecule has 0 aliphatic rings. The number of hydrogen-bond acceptors (Lipinski definition) is 2. The first-order valence-electron chi connectivity index (χ1n) is 10.4. The molecule has 0 aliphatic heterocycles. The first kappa shape index (κ1) is 39.3. The fourth-order valence-corrected chi connectivity index (χ4v) is 2.27. The SMILES string of the molecule is CCCC([N-]C(C)C)[N-]C(C)C.CCCC([N-]C(C)C)[N-]C(C)C.[CH-]=O.[CH-]=O.[Ru+6]. The molecular formula is C22H46N4O2Ru. The van der Waals surface area contributed by atoms with Gasteiger partial charge in [-0.25, -0.2) is 12.3 Å². The molecule has 0 rings (SSSR count). The zero-order valence-corrected chi connectivity index (χ0v) is 22.1. The van der Waals surface area contributed by atoms with E-state index in [-0.39, 0.29) is 31.8 Å². The molecule has 174 valence electrons. The molecule has 0 fully saturated rings. The summed E-state index contributed by atoms with van der Waals surface area (Å²) in [4.78, 5) is 15.5. The van der Waals surface area contributed by atoms with E-state index < -0.39 is 0 Å². The van der Waals surface area contributed by atoms with E-state index in [9.17, 15) is 0 Å². The topological polar surface area (TPSA) is 90.5 Å². The summed E-state index contributed by atoms with van der Waals surface area (Å²) in [5, 5.41) is 18.2. The Bertz CT molecular complexity index is 246. The molecule has 0 N–H and O–H groups in total. The molecule has 0 saturated heterocycles. The third kappa shape index (κ3) is 38.9. The van der Waals surface area contributed by atoms with Crippen molar-refractivity contribution in [2.45, 2.75) is 131 Å². The van der Waals surface area contributed by atoms with Crippen molar-refractivity contribution in [3.8, 4) is 0 Å². The van der Waals surface area contributed by atoms with E-state index in [0.29, 0.717) is 24.2 Å². The van der Waals surface area contributed by atoms with Crippen molar-refractivity contribution in [1.29, 1.82) is 0 Å². The molecule has 0 aromatic carbocycles. The second-order valence-electron chi connectivity index (χ2n) is 7.51. The van der Waals surface area contributed by atoms with Crippen LogP contribution in [0.3, 0.4) is 0 Å². The summed E-state index contributed by atoms with van der Waals surface area (Å²) in [6.45, 7) is 27.7. The van der Waals surface area contributed by atoms with Gasteiger partial charge >= 0.3 is 19.5 Å². The molecule has 0 atom stereocenters. The maximum atomic E-state index is 7.75. The van der Waals surface area contributed by atoms with Gasteiger partial charge in [0.25, 0.3) is 0 Å². The first-order chi connectivity index (χ1) is 13.1. The summed E-state index contributed by atoms with van der Waals surface area (Å²) >= 11 is 0. The fourth-order valence-electron chi connectivity index (χ4n) is 2.27. The summed E-state index contributed by atoms with van der Waals surface area (Å²) < 4.78 is 0. The molecule has 0 heterocycles. The number of rotatable bonds is 12. The van der Waals surface area contributed by atoms with Gasteiger partial charge in [0.15, 0.2) is 0 Å². The Balaban J connectivity index is -0.000000109. The minimum atomic E-state index is 0. The fraction of sp³-hybridized carbons (Fsp3) is 0.909. The Labute approximate surface area is 195 Å². The minimum Gasteiger partial charge on any atom is -0.676 e. The average molecular weight is 500 g/mol. The van der Waals surface area contributed by atoms with E-state index in [2.05, 4.69) is 104 Å². The van der Waals surface area contributed by atoms with Crippen molar-refractivity contribution >= 4 is 13.6 Å². The molecule has 0 aromatic heterocycles. The van der Waals surface area contributed by atoms with Gasteiger partial charge in [-0.05, 0) is 0 Å². The molecule has 29 heavy (non-hydrogen) atoms. The van der Waals surface area contributed by atoms with E-state index in [1.807, 2.05) is 0 Å². The molecule has 0 aromatic rings. The van der Waals surface area contributed by atoms with Gasteiger partial charge in [-0.2, -0.15) is 0 Å². The van der Waals surface area contributed by atoms with E-state index in [4.69, 9.17) is 9.59 Å². The van der Waals surface area contributed by atoms with Crippen LogP contribution >= 0.6 is 0 Å². The van der Waals surface area contributed by atoms with E-state index in [0.717, 1.165) is 25.7 Å². The van der Waals surface area contributed by atoms with Crippen LogP contribution < -0.4 is 0 Å². The second kappa shape index (κ2) is 30.0. The van der Waals surface area contributed by atoms with Gasteiger partial charge in [0, 0.05) is 0 Å². The zero-order valence-electron chi connectivity index (χ0n) is 20.4. The molecular weight excluding hydrogens is 453 g/mol. The Morgan fingerprint density at radius 2 is 0.690 bits per heavy atom. The van der Waals surface area contributed by atoms with Crippen molar-refractivity contribution in [3.63, 3.8) is 0 Å². The van der Waals surface area contributed by atoms with Gasteiger partial charge in [-0.1, -0.05) is 94.9 Å². The Hall–Kier alpha value is -0.197. The van der Waals surface area contributed by atoms with Gasteiger partial charge in [0.1, 0.15) is 0 Å². The normalized spacial score (nSPS) is 10.2. The Morgan fingerprint density at radius 1 is 0.517 bits per heavy atom. The average Bonchev–Trinajstić information content (AvgIpc) is 2.57. The van der Waals surface area contributed by atoms with Crippen LogP contribution in [-0.4, -0.2) is 50.1 Å². The minimum absolute atomic E-state index is 0. The van der Waals surface area contributed by atoms with Gasteiger partial charge in [0.05, 0.1) is 0 Å². The van der Waals surface area contributed by atoms with Crippen molar-refractivity contribution in [1.82, 2.24) is 0 Å². The second-order valence-corrected chi connectivity index (χ2v) is 7.51. The van der Waals surface area contributed by atoms with Gasteiger partial charge in [0.2, 0.25) is 0 Å². The standard InChI is InChI=1S/2C10H22N2.2CHO.Ru/c2*1-6-7-10(11-8(2)3)12-9(4)5;2*1-2;/h2*8-10H,6-7H2,1-5H3;2*1H;/q2*-2;2*-1;+6. The van der Waals surface area contributed by atoms with Crippen molar-refractivity contribution in [2.24, 2.45) is 0 Å². The van der Waals surface area contributed by atoms with Crippen LogP contribution in [0.2, 0.25) is 0 Å². The Kier molecular flexibility index (Phi) is 40.7. The van der Waals surface area contributed by atoms with Gasteiger partial charge in [-0.3, -0.25) is 13.6 Å². The molecule has 0 amide bonds. The van der Waals surface area contributed by atoms with Crippen LogP contribution in [0.5, 0.6) is 0 Å². The van der Waals surface area contributed by atoms with Crippen LogP contribution in [0.25, 0.3) is 21.3 Å². The predicted molar refractivity (Wildman–Crippen MR) is 125 cm³/mol. The van der Waals surface area contributed by atoms with E-state index >= 15 is 0 Å². The molecule has 0 bridgehead atoms. The summed E-state index contributed by atoms with van der Waals surface area (Å²) in [5.74, 6) is 0. The summed E-state index contributed by atoms with van der Waals surface area (Å²) in [6.07, 6.45) is 4.98. The monoisotopic (exact) mass is 500 g/mol. The first-order valence-corrected chi connectivity index (χ1v) is 10.4. The van der Waals surface area contributed by atoms with Crippen molar-refractivity contribution < 1.29 is 29.1 Å². The van der Waals surface area contributed by atoms with Gasteiger partial charge < -0.3 is 30.9 Å². The molecule has 7 heteroatoms. The smallest absolute Gasteiger partial charge is 0.676 e. The Morgan fingerprint density at radius 3 is 0.793 bits per heavy atom. The summed E-state index contributed by atoms with van der Waals surface area (Å²) in [5.41, 5.74) is 0. The van der Waals surface area contributed by atoms with Crippen LogP contribution in [0.15, 0.2) is 0 Å². The maximum Gasteiger partial charge on any atom is 6.00 e. The van der Waals surface area contributed by atoms with Crippen molar-refractivity contribution in [3.05, 3.63) is 21.3 Å². The van der Waals surface area contributed by atoms with E-state index in [1.54, 1.807) is 0 Å². The third-order valence-corrected chi connectivity index (χ3v) is 2.97. The molecule has 6 nitrogen and oxygen atoms in total. The van der Waals surface area contributed by atoms with E-state index in [1.165, 1.54) is 0 Å². The molecule has 0 spiro atoms. The number of hydrogen-bond donors (Lipinski definition) is 0. The maximum absolute atomic E-state index is 7.75. The van der Waals surface area contributed by atoms with Crippen LogP contribution in [0.1, 0.15) is 94.9 Å². The summed E-state index contributed by atoms with van der Waals surface area (Å²) in [6, 6.07) is 1.63. The molecule has 0 saturated carbocycles. The molecule has 0 radical (unpaired) electrons. The van der Waals surface area contributed by atoms with Crippen molar-refractivity contribution in [2.75, 3.05) is 0 Å². The zero-order chi connectivity index (χ0) is 23.1. The molecule has 0 aliphatic carbocycles.